The lowest BCUT2D eigenvalue weighted by atomic mass is 9.54. The van der Waals surface area contributed by atoms with Gasteiger partial charge in [-0.15, -0.1) is 0 Å². The summed E-state index contributed by atoms with van der Waals surface area (Å²) >= 11 is 0. The Hall–Kier alpha value is -6.44. The van der Waals surface area contributed by atoms with Crippen LogP contribution in [0.5, 0.6) is 0 Å². The maximum Gasteiger partial charge on any atom is 0.0465 e. The molecule has 2 atom stereocenters. The molecule has 13 rings (SSSR count). The highest BCUT2D eigenvalue weighted by Gasteiger charge is 2.53. The highest BCUT2D eigenvalue weighted by molar-refractivity contribution is 6.05. The van der Waals surface area contributed by atoms with Gasteiger partial charge in [0.25, 0.3) is 0 Å². The Kier molecular flexibility index (Phi) is 7.39. The largest absolute Gasteiger partial charge is 0.310 e. The summed E-state index contributed by atoms with van der Waals surface area (Å²) < 4.78 is 0. The van der Waals surface area contributed by atoms with Crippen molar-refractivity contribution < 1.29 is 0 Å². The Balaban J connectivity index is 0.942. The van der Waals surface area contributed by atoms with Crippen molar-refractivity contribution >= 4 is 44.2 Å². The van der Waals surface area contributed by atoms with Gasteiger partial charge in [0.1, 0.15) is 0 Å². The van der Waals surface area contributed by atoms with Crippen molar-refractivity contribution in [1.82, 2.24) is 0 Å². The molecule has 1 nitrogen and oxygen atoms in total. The minimum Gasteiger partial charge on any atom is -0.310 e. The highest BCUT2D eigenvalue weighted by Crippen LogP contribution is 2.64. The van der Waals surface area contributed by atoms with Crippen LogP contribution < -0.4 is 4.90 Å². The number of benzene rings is 8. The van der Waals surface area contributed by atoms with Gasteiger partial charge in [-0.2, -0.15) is 0 Å². The van der Waals surface area contributed by atoms with Crippen LogP contribution in [-0.2, 0) is 21.7 Å². The molecule has 0 N–H and O–H groups in total. The van der Waals surface area contributed by atoms with Crippen molar-refractivity contribution in [3.63, 3.8) is 0 Å². The van der Waals surface area contributed by atoms with Crippen LogP contribution in [0.25, 0.3) is 49.4 Å². The zero-order chi connectivity index (χ0) is 43.8. The van der Waals surface area contributed by atoms with Crippen molar-refractivity contribution in [3.05, 3.63) is 213 Å². The summed E-state index contributed by atoms with van der Waals surface area (Å²) in [5.74, 6) is 0.688. The van der Waals surface area contributed by atoms with Crippen molar-refractivity contribution in [2.45, 2.75) is 89.9 Å². The molecular weight excluding hydrogens is 771 g/mol. The van der Waals surface area contributed by atoms with Crippen LogP contribution in [0.3, 0.4) is 0 Å². The zero-order valence-corrected chi connectivity index (χ0v) is 38.6. The molecule has 0 aliphatic heterocycles. The van der Waals surface area contributed by atoms with Crippen LogP contribution in [-0.4, -0.2) is 0 Å². The number of hydrogen-bond donors (Lipinski definition) is 0. The molecule has 0 fully saturated rings. The van der Waals surface area contributed by atoms with Gasteiger partial charge < -0.3 is 4.90 Å². The Morgan fingerprint density at radius 3 is 1.66 bits per heavy atom. The summed E-state index contributed by atoms with van der Waals surface area (Å²) in [6.07, 6.45) is 5.01. The number of aryl methyl sites for hydroxylation is 1. The van der Waals surface area contributed by atoms with E-state index in [9.17, 15) is 0 Å². The molecule has 0 saturated heterocycles. The second-order valence-corrected chi connectivity index (χ2v) is 21.8. The van der Waals surface area contributed by atoms with Gasteiger partial charge in [0, 0.05) is 45.1 Å². The third-order valence-electron chi connectivity index (χ3n) is 16.9. The summed E-state index contributed by atoms with van der Waals surface area (Å²) in [6, 6.07) is 56.3. The molecule has 0 aromatic heterocycles. The van der Waals surface area contributed by atoms with E-state index in [0.29, 0.717) is 11.8 Å². The van der Waals surface area contributed by atoms with Gasteiger partial charge in [0.15, 0.2) is 0 Å². The maximum atomic E-state index is 2.54. The minimum atomic E-state index is -0.218. The average molecular weight is 826 g/mol. The summed E-state index contributed by atoms with van der Waals surface area (Å²) in [5, 5.41) is 5.55. The van der Waals surface area contributed by atoms with Gasteiger partial charge in [-0.25, -0.2) is 0 Å². The standard InChI is InChI=1S/C63H55N/c1-36-22-24-39(25-23-36)64(40-26-28-42-46-30-32-48-44-18-10-14-37-16-12-20-50(54(37)44)60(2,3)58(48)56(46)62(6,7)52(42)34-40)41-27-29-43-47-31-33-49-45-19-11-15-38-17-13-21-51(55(38)45)61(4,5)59(49)57(47)63(8,9)53(43)35-41/h10-35,48,58H,1-9H3. The van der Waals surface area contributed by atoms with Crippen molar-refractivity contribution in [2.75, 3.05) is 4.90 Å². The molecule has 0 amide bonds. The first-order valence-corrected chi connectivity index (χ1v) is 23.5. The van der Waals surface area contributed by atoms with Gasteiger partial charge in [0.2, 0.25) is 0 Å². The van der Waals surface area contributed by atoms with E-state index >= 15 is 0 Å². The minimum absolute atomic E-state index is 0.0417. The van der Waals surface area contributed by atoms with E-state index in [1.807, 2.05) is 0 Å². The predicted octanol–water partition coefficient (Wildman–Crippen LogP) is 16.7. The second kappa shape index (κ2) is 12.4. The van der Waals surface area contributed by atoms with Gasteiger partial charge in [-0.05, 0) is 148 Å². The van der Waals surface area contributed by atoms with Crippen LogP contribution in [0.15, 0.2) is 163 Å². The number of hydrogen-bond acceptors (Lipinski definition) is 1. The van der Waals surface area contributed by atoms with Crippen LogP contribution >= 0.6 is 0 Å². The topological polar surface area (TPSA) is 3.24 Å². The second-order valence-electron chi connectivity index (χ2n) is 21.8. The third kappa shape index (κ3) is 4.70. The summed E-state index contributed by atoms with van der Waals surface area (Å²) in [5.41, 5.74) is 24.3. The third-order valence-corrected chi connectivity index (χ3v) is 16.9. The highest BCUT2D eigenvalue weighted by atomic mass is 15.1. The van der Waals surface area contributed by atoms with Crippen LogP contribution in [0.1, 0.15) is 111 Å². The zero-order valence-electron chi connectivity index (χ0n) is 38.6. The molecular formula is C63H55N. The van der Waals surface area contributed by atoms with E-state index in [2.05, 4.69) is 225 Å². The Morgan fingerprint density at radius 1 is 0.438 bits per heavy atom. The van der Waals surface area contributed by atoms with Crippen molar-refractivity contribution in [2.24, 2.45) is 5.92 Å². The molecule has 0 radical (unpaired) electrons. The fourth-order valence-electron chi connectivity index (χ4n) is 14.0. The fourth-order valence-corrected chi connectivity index (χ4v) is 14.0. The smallest absolute Gasteiger partial charge is 0.0465 e. The molecule has 312 valence electrons. The number of allylic oxidation sites excluding steroid dienone is 4. The summed E-state index contributed by atoms with van der Waals surface area (Å²) in [6.45, 7) is 22.0. The van der Waals surface area contributed by atoms with Gasteiger partial charge in [-0.3, -0.25) is 0 Å². The molecule has 0 bridgehead atoms. The van der Waals surface area contributed by atoms with E-state index in [1.165, 1.54) is 117 Å². The lowest BCUT2D eigenvalue weighted by Gasteiger charge is -2.49. The van der Waals surface area contributed by atoms with E-state index in [1.54, 1.807) is 5.57 Å². The first-order chi connectivity index (χ1) is 30.7. The van der Waals surface area contributed by atoms with Crippen LogP contribution in [0, 0.1) is 12.8 Å². The first-order valence-electron chi connectivity index (χ1n) is 23.5. The number of anilines is 3. The van der Waals surface area contributed by atoms with Crippen LogP contribution in [0.4, 0.5) is 17.1 Å². The average Bonchev–Trinajstić information content (AvgIpc) is 3.66. The van der Waals surface area contributed by atoms with Crippen molar-refractivity contribution in [1.29, 1.82) is 0 Å². The van der Waals surface area contributed by atoms with E-state index in [0.717, 1.165) is 0 Å². The normalized spacial score (nSPS) is 20.3. The molecule has 8 aromatic rings. The lowest BCUT2D eigenvalue weighted by molar-refractivity contribution is 0.302. The Bertz CT molecular complexity index is 3440. The predicted molar refractivity (Wildman–Crippen MR) is 271 cm³/mol. The monoisotopic (exact) mass is 825 g/mol. The number of rotatable bonds is 3. The summed E-state index contributed by atoms with van der Waals surface area (Å²) in [7, 11) is 0. The van der Waals surface area contributed by atoms with E-state index in [-0.39, 0.29) is 21.7 Å². The molecule has 0 spiro atoms. The Labute approximate surface area is 378 Å². The molecule has 64 heavy (non-hydrogen) atoms. The maximum absolute atomic E-state index is 2.54. The summed E-state index contributed by atoms with van der Waals surface area (Å²) in [4.78, 5) is 2.52. The van der Waals surface area contributed by atoms with Gasteiger partial charge in [0.05, 0.1) is 0 Å². The molecule has 0 saturated carbocycles. The van der Waals surface area contributed by atoms with E-state index < -0.39 is 0 Å². The fraction of sp³-hybridized carbons (Fsp3) is 0.238. The lowest BCUT2D eigenvalue weighted by Crippen LogP contribution is -2.42. The molecule has 1 heteroatoms. The van der Waals surface area contributed by atoms with Gasteiger partial charge >= 0.3 is 0 Å². The number of fused-ring (bicyclic) bond motifs is 11. The number of nitrogens with zero attached hydrogens (tertiary/aromatic N) is 1. The quantitative estimate of drug-likeness (QED) is 0.172. The SMILES string of the molecule is Cc1ccc(N(c2ccc3c(c2)C(C)(C)C2=C3C=CC3c4cccc5cccc(c45)C(C)(C)C23)c2ccc3c(c2)C(C)(C)c2c-3ccc3c2C(C)(C)c2cccc4cccc-3c24)cc1. The molecule has 5 aliphatic rings. The van der Waals surface area contributed by atoms with Crippen LogP contribution in [0.2, 0.25) is 0 Å². The van der Waals surface area contributed by atoms with Crippen molar-refractivity contribution in [3.8, 4) is 22.3 Å². The molecule has 2 unspecified atom stereocenters. The van der Waals surface area contributed by atoms with Gasteiger partial charge in [-0.1, -0.05) is 182 Å². The molecule has 0 heterocycles. The Morgan fingerprint density at radius 2 is 0.969 bits per heavy atom. The molecule has 5 aliphatic carbocycles. The first kappa shape index (κ1) is 38.1. The molecule has 8 aromatic carbocycles. The van der Waals surface area contributed by atoms with E-state index in [4.69, 9.17) is 0 Å².